The van der Waals surface area contributed by atoms with Crippen LogP contribution in [0.2, 0.25) is 0 Å². The van der Waals surface area contributed by atoms with Crippen molar-refractivity contribution in [1.29, 1.82) is 0 Å². The molecule has 1 unspecified atom stereocenters. The maximum atomic E-state index is 13.8. The van der Waals surface area contributed by atoms with Gasteiger partial charge in [-0.1, -0.05) is 102 Å². The second-order valence-electron chi connectivity index (χ2n) is 10.2. The van der Waals surface area contributed by atoms with Crippen LogP contribution in [-0.4, -0.2) is 20.7 Å². The Hall–Kier alpha value is -4.82. The third-order valence-electron chi connectivity index (χ3n) is 7.02. The van der Waals surface area contributed by atoms with Gasteiger partial charge in [-0.25, -0.2) is 4.68 Å². The van der Waals surface area contributed by atoms with Crippen LogP contribution in [0.1, 0.15) is 35.2 Å². The monoisotopic (exact) mass is 573 g/mol. The van der Waals surface area contributed by atoms with E-state index in [1.54, 1.807) is 16.4 Å². The quantitative estimate of drug-likeness (QED) is 0.179. The molecule has 1 aliphatic heterocycles. The van der Waals surface area contributed by atoms with Crippen molar-refractivity contribution in [1.82, 2.24) is 14.8 Å². The molecule has 5 aromatic rings. The number of hydrogen-bond acceptors (Lipinski definition) is 6. The molecule has 0 saturated heterocycles. The van der Waals surface area contributed by atoms with Crippen molar-refractivity contribution in [2.75, 3.05) is 10.6 Å². The van der Waals surface area contributed by atoms with Gasteiger partial charge in [0.15, 0.2) is 0 Å². The van der Waals surface area contributed by atoms with Gasteiger partial charge in [0.2, 0.25) is 11.1 Å². The number of carbonyl (C=O) groups excluding carboxylic acids is 1. The van der Waals surface area contributed by atoms with Crippen LogP contribution in [0.25, 0.3) is 0 Å². The van der Waals surface area contributed by atoms with Crippen LogP contribution in [-0.2, 0) is 17.2 Å². The zero-order valence-electron chi connectivity index (χ0n) is 23.5. The van der Waals surface area contributed by atoms with Gasteiger partial charge in [0.1, 0.15) is 18.4 Å². The highest BCUT2D eigenvalue weighted by atomic mass is 32.2. The van der Waals surface area contributed by atoms with Gasteiger partial charge >= 0.3 is 0 Å². The number of para-hydroxylation sites is 1. The van der Waals surface area contributed by atoms with Gasteiger partial charge < -0.3 is 15.4 Å². The first-order valence-electron chi connectivity index (χ1n) is 13.8. The van der Waals surface area contributed by atoms with E-state index in [-0.39, 0.29) is 5.91 Å². The lowest BCUT2D eigenvalue weighted by Gasteiger charge is -2.29. The summed E-state index contributed by atoms with van der Waals surface area (Å²) in [5.74, 6) is 1.84. The van der Waals surface area contributed by atoms with Crippen molar-refractivity contribution in [2.24, 2.45) is 0 Å². The Bertz CT molecular complexity index is 1720. The maximum Gasteiger partial charge on any atom is 0.255 e. The molecule has 6 rings (SSSR count). The second-order valence-corrected chi connectivity index (χ2v) is 11.1. The van der Waals surface area contributed by atoms with Gasteiger partial charge in [0.05, 0.1) is 5.57 Å². The molecule has 0 bridgehead atoms. The molecule has 1 aliphatic rings. The van der Waals surface area contributed by atoms with Crippen molar-refractivity contribution >= 4 is 29.3 Å². The Morgan fingerprint density at radius 1 is 0.905 bits per heavy atom. The number of allylic oxidation sites excluding steroid dienone is 1. The number of fused-ring (bicyclic) bond motifs is 1. The van der Waals surface area contributed by atoms with E-state index in [1.165, 1.54) is 11.1 Å². The molecule has 8 heteroatoms. The minimum Gasteiger partial charge on any atom is -0.489 e. The SMILES string of the molecule is CC1=C(C(=O)Nc2ccccc2)C(c2cccc(OCc3ccc(C)cc3)c2)n2nc(SCc3ccccc3)nc2N1. The minimum atomic E-state index is -0.508. The number of anilines is 2. The van der Waals surface area contributed by atoms with E-state index >= 15 is 0 Å². The number of thioether (sulfide) groups is 1. The number of aromatic nitrogens is 3. The fourth-order valence-corrected chi connectivity index (χ4v) is 5.65. The van der Waals surface area contributed by atoms with Gasteiger partial charge in [-0.2, -0.15) is 4.98 Å². The number of nitrogens with one attached hydrogen (secondary N) is 2. The average molecular weight is 574 g/mol. The van der Waals surface area contributed by atoms with E-state index < -0.39 is 6.04 Å². The summed E-state index contributed by atoms with van der Waals surface area (Å²) in [5.41, 5.74) is 6.37. The van der Waals surface area contributed by atoms with E-state index in [9.17, 15) is 4.79 Å². The molecule has 210 valence electrons. The van der Waals surface area contributed by atoms with E-state index in [1.807, 2.05) is 79.7 Å². The number of nitrogens with zero attached hydrogens (tertiary/aromatic N) is 3. The van der Waals surface area contributed by atoms with Gasteiger partial charge in [-0.3, -0.25) is 4.79 Å². The summed E-state index contributed by atoms with van der Waals surface area (Å²) in [6.07, 6.45) is 0. The first kappa shape index (κ1) is 27.4. The van der Waals surface area contributed by atoms with Crippen LogP contribution < -0.4 is 15.4 Å². The van der Waals surface area contributed by atoms with Gasteiger partial charge in [-0.15, -0.1) is 5.10 Å². The molecular weight excluding hydrogens is 542 g/mol. The van der Waals surface area contributed by atoms with Crippen molar-refractivity contribution in [3.8, 4) is 5.75 Å². The number of aryl methyl sites for hydroxylation is 1. The molecule has 1 amide bonds. The molecule has 0 spiro atoms. The maximum absolute atomic E-state index is 13.8. The number of carbonyl (C=O) groups is 1. The summed E-state index contributed by atoms with van der Waals surface area (Å²) in [7, 11) is 0. The predicted molar refractivity (Wildman–Crippen MR) is 168 cm³/mol. The highest BCUT2D eigenvalue weighted by molar-refractivity contribution is 7.98. The molecule has 1 aromatic heterocycles. The Morgan fingerprint density at radius 3 is 2.40 bits per heavy atom. The van der Waals surface area contributed by atoms with Crippen molar-refractivity contribution in [2.45, 2.75) is 37.4 Å². The molecule has 1 atom stereocenters. The third-order valence-corrected chi connectivity index (χ3v) is 7.93. The summed E-state index contributed by atoms with van der Waals surface area (Å²) in [6, 6.07) is 35.3. The lowest BCUT2D eigenvalue weighted by Crippen LogP contribution is -2.31. The van der Waals surface area contributed by atoms with Gasteiger partial charge in [0, 0.05) is 17.1 Å². The first-order valence-corrected chi connectivity index (χ1v) is 14.8. The van der Waals surface area contributed by atoms with E-state index in [4.69, 9.17) is 14.8 Å². The van der Waals surface area contributed by atoms with E-state index in [0.29, 0.717) is 29.0 Å². The van der Waals surface area contributed by atoms with Crippen molar-refractivity contribution in [3.05, 3.63) is 143 Å². The van der Waals surface area contributed by atoms with Crippen LogP contribution in [0.5, 0.6) is 5.75 Å². The number of rotatable bonds is 9. The number of ether oxygens (including phenoxy) is 1. The number of hydrogen-bond donors (Lipinski definition) is 2. The zero-order chi connectivity index (χ0) is 28.9. The molecule has 7 nitrogen and oxygen atoms in total. The molecule has 2 N–H and O–H groups in total. The lowest BCUT2D eigenvalue weighted by molar-refractivity contribution is -0.113. The summed E-state index contributed by atoms with van der Waals surface area (Å²) in [5, 5.41) is 11.9. The summed E-state index contributed by atoms with van der Waals surface area (Å²) >= 11 is 1.56. The third kappa shape index (κ3) is 6.24. The summed E-state index contributed by atoms with van der Waals surface area (Å²) < 4.78 is 7.99. The van der Waals surface area contributed by atoms with Gasteiger partial charge in [0.25, 0.3) is 5.91 Å². The molecule has 0 aliphatic carbocycles. The van der Waals surface area contributed by atoms with E-state index in [2.05, 4.69) is 54.0 Å². The molecular formula is C34H31N5O2S. The smallest absolute Gasteiger partial charge is 0.255 e. The standard InChI is InChI=1S/C34H31N5O2S/c1-23-16-18-25(19-17-23)21-41-29-15-9-12-27(20-29)31-30(32(40)36-28-13-7-4-8-14-28)24(2)35-33-37-34(38-39(31)33)42-22-26-10-5-3-6-11-26/h3-20,31H,21-22H2,1-2H3,(H,36,40)(H,35,37,38). The van der Waals surface area contributed by atoms with E-state index in [0.717, 1.165) is 28.3 Å². The Morgan fingerprint density at radius 2 is 1.64 bits per heavy atom. The number of benzene rings is 4. The molecule has 2 heterocycles. The highest BCUT2D eigenvalue weighted by Crippen LogP contribution is 2.38. The molecule has 4 aromatic carbocycles. The van der Waals surface area contributed by atoms with Crippen molar-refractivity contribution < 1.29 is 9.53 Å². The summed E-state index contributed by atoms with van der Waals surface area (Å²) in [4.78, 5) is 18.6. The average Bonchev–Trinajstić information content (AvgIpc) is 3.42. The Labute approximate surface area is 249 Å². The highest BCUT2D eigenvalue weighted by Gasteiger charge is 2.34. The fraction of sp³-hybridized carbons (Fsp3) is 0.147. The van der Waals surface area contributed by atoms with Crippen LogP contribution in [0.15, 0.2) is 126 Å². The predicted octanol–water partition coefficient (Wildman–Crippen LogP) is 7.39. The van der Waals surface area contributed by atoms with Crippen LogP contribution >= 0.6 is 11.8 Å². The molecule has 0 saturated carbocycles. The first-order chi connectivity index (χ1) is 20.5. The zero-order valence-corrected chi connectivity index (χ0v) is 24.3. The lowest BCUT2D eigenvalue weighted by atomic mass is 9.95. The van der Waals surface area contributed by atoms with Crippen LogP contribution in [0.4, 0.5) is 11.6 Å². The Balaban J connectivity index is 1.32. The molecule has 0 fully saturated rings. The molecule has 0 radical (unpaired) electrons. The normalized spacial score (nSPS) is 14.2. The fourth-order valence-electron chi connectivity index (χ4n) is 4.86. The Kier molecular flexibility index (Phi) is 8.05. The molecule has 42 heavy (non-hydrogen) atoms. The van der Waals surface area contributed by atoms with Crippen molar-refractivity contribution in [3.63, 3.8) is 0 Å². The van der Waals surface area contributed by atoms with Crippen LogP contribution in [0.3, 0.4) is 0 Å². The topological polar surface area (TPSA) is 81.1 Å². The minimum absolute atomic E-state index is 0.207. The largest absolute Gasteiger partial charge is 0.489 e. The summed E-state index contributed by atoms with van der Waals surface area (Å²) in [6.45, 7) is 4.42. The number of amides is 1. The second kappa shape index (κ2) is 12.4. The van der Waals surface area contributed by atoms with Crippen LogP contribution in [0, 0.1) is 6.92 Å². The van der Waals surface area contributed by atoms with Gasteiger partial charge in [-0.05, 0) is 54.8 Å².